The van der Waals surface area contributed by atoms with E-state index in [0.29, 0.717) is 12.3 Å². The van der Waals surface area contributed by atoms with Crippen LogP contribution in [0, 0.1) is 6.92 Å². The van der Waals surface area contributed by atoms with E-state index in [1.54, 1.807) is 17.2 Å². The lowest BCUT2D eigenvalue weighted by Gasteiger charge is -2.39. The first-order chi connectivity index (χ1) is 18.1. The minimum Gasteiger partial charge on any atom is -0.368 e. The van der Waals surface area contributed by atoms with Crippen molar-refractivity contribution in [2.75, 3.05) is 25.0 Å². The average molecular weight is 516 g/mol. The van der Waals surface area contributed by atoms with Crippen molar-refractivity contribution in [3.63, 3.8) is 0 Å². The van der Waals surface area contributed by atoms with Gasteiger partial charge in [0.1, 0.15) is 5.76 Å². The molecule has 3 heterocycles. The van der Waals surface area contributed by atoms with Gasteiger partial charge in [-0.3, -0.25) is 14.6 Å². The van der Waals surface area contributed by atoms with Crippen molar-refractivity contribution in [1.82, 2.24) is 20.4 Å². The van der Waals surface area contributed by atoms with E-state index in [4.69, 9.17) is 4.52 Å². The van der Waals surface area contributed by atoms with Crippen LogP contribution in [0.2, 0.25) is 0 Å². The van der Waals surface area contributed by atoms with Crippen molar-refractivity contribution in [2.24, 2.45) is 0 Å². The monoisotopic (exact) mass is 515 g/mol. The normalized spacial score (nSPS) is 15.7. The number of hydrogen-bond donors (Lipinski definition) is 1. The topological polar surface area (TPSA) is 91.6 Å². The summed E-state index contributed by atoms with van der Waals surface area (Å²) in [6, 6.07) is 10.1. The molecule has 4 rings (SSSR count). The van der Waals surface area contributed by atoms with E-state index in [9.17, 15) is 9.59 Å². The number of nitrogens with zero attached hydrogens (tertiary/aromatic N) is 4. The molecule has 0 aliphatic carbocycles. The number of amides is 2. The van der Waals surface area contributed by atoms with Crippen molar-refractivity contribution < 1.29 is 14.1 Å². The number of anilines is 1. The van der Waals surface area contributed by atoms with Crippen LogP contribution in [-0.4, -0.2) is 53.0 Å². The standard InChI is InChI=1S/C30H37N5O3/c1-7-28(36)34(6)23-9-8-14-35(19-23)26-18-31-13-12-24(26)21-10-11-22(20(2)15-21)17-32-29(37)25-16-27(38-33-25)30(3,4)5/h7,10-13,15-16,18,23H,1,8-9,14,17,19H2,2-6H3,(H,32,37). The molecule has 1 aromatic carbocycles. The Morgan fingerprint density at radius 1 is 1.26 bits per heavy atom. The first kappa shape index (κ1) is 27.1. The van der Waals surface area contributed by atoms with Gasteiger partial charge in [-0.1, -0.05) is 50.7 Å². The van der Waals surface area contributed by atoms with Crippen molar-refractivity contribution in [3.8, 4) is 11.1 Å². The maximum Gasteiger partial charge on any atom is 0.273 e. The summed E-state index contributed by atoms with van der Waals surface area (Å²) in [4.78, 5) is 33.3. The lowest BCUT2D eigenvalue weighted by molar-refractivity contribution is -0.126. The molecule has 2 aromatic heterocycles. The van der Waals surface area contributed by atoms with E-state index < -0.39 is 0 Å². The molecular weight excluding hydrogens is 478 g/mol. The van der Waals surface area contributed by atoms with Gasteiger partial charge in [0.05, 0.1) is 11.9 Å². The molecule has 3 aromatic rings. The van der Waals surface area contributed by atoms with Gasteiger partial charge >= 0.3 is 0 Å². The van der Waals surface area contributed by atoms with Crippen LogP contribution >= 0.6 is 0 Å². The fourth-order valence-corrected chi connectivity index (χ4v) is 4.76. The third kappa shape index (κ3) is 5.96. The Bertz CT molecular complexity index is 1320. The number of benzene rings is 1. The number of carbonyl (C=O) groups excluding carboxylic acids is 2. The lowest BCUT2D eigenvalue weighted by Crippen LogP contribution is -2.48. The highest BCUT2D eigenvalue weighted by atomic mass is 16.5. The molecule has 1 atom stereocenters. The Labute approximate surface area is 224 Å². The predicted octanol–water partition coefficient (Wildman–Crippen LogP) is 4.89. The maximum atomic E-state index is 12.6. The largest absolute Gasteiger partial charge is 0.368 e. The van der Waals surface area contributed by atoms with Crippen LogP contribution in [0.5, 0.6) is 0 Å². The number of pyridine rings is 1. The molecule has 8 nitrogen and oxygen atoms in total. The zero-order valence-corrected chi connectivity index (χ0v) is 23.0. The second-order valence-electron chi connectivity index (χ2n) is 10.9. The molecule has 0 spiro atoms. The highest BCUT2D eigenvalue weighted by Gasteiger charge is 2.27. The molecule has 8 heteroatoms. The van der Waals surface area contributed by atoms with Crippen LogP contribution in [0.15, 0.2) is 59.9 Å². The highest BCUT2D eigenvalue weighted by molar-refractivity contribution is 5.92. The van der Waals surface area contributed by atoms with Gasteiger partial charge in [0.25, 0.3) is 5.91 Å². The lowest BCUT2D eigenvalue weighted by atomic mass is 9.93. The third-order valence-corrected chi connectivity index (χ3v) is 7.18. The van der Waals surface area contributed by atoms with E-state index >= 15 is 0 Å². The van der Waals surface area contributed by atoms with E-state index in [2.05, 4.69) is 39.1 Å². The molecule has 0 radical (unpaired) electrons. The number of likely N-dealkylation sites (N-methyl/N-ethyl adjacent to an activating group) is 1. The highest BCUT2D eigenvalue weighted by Crippen LogP contribution is 2.33. The molecule has 1 N–H and O–H groups in total. The molecule has 1 fully saturated rings. The zero-order chi connectivity index (χ0) is 27.4. The molecule has 1 unspecified atom stereocenters. The predicted molar refractivity (Wildman–Crippen MR) is 149 cm³/mol. The van der Waals surface area contributed by atoms with Crippen LogP contribution in [-0.2, 0) is 16.8 Å². The number of aryl methyl sites for hydroxylation is 1. The fourth-order valence-electron chi connectivity index (χ4n) is 4.76. The quantitative estimate of drug-likeness (QED) is 0.451. The van der Waals surface area contributed by atoms with Gasteiger partial charge in [0, 0.05) is 56.0 Å². The minimum atomic E-state index is -0.260. The molecule has 0 bridgehead atoms. The van der Waals surface area contributed by atoms with Crippen LogP contribution in [0.4, 0.5) is 5.69 Å². The van der Waals surface area contributed by atoms with E-state index in [-0.39, 0.29) is 29.0 Å². The Morgan fingerprint density at radius 2 is 2.05 bits per heavy atom. The van der Waals surface area contributed by atoms with Gasteiger partial charge in [-0.05, 0) is 48.6 Å². The Kier molecular flexibility index (Phi) is 7.99. The Balaban J connectivity index is 1.48. The maximum absolute atomic E-state index is 12.6. The van der Waals surface area contributed by atoms with E-state index in [1.807, 2.05) is 53.1 Å². The molecule has 1 aliphatic rings. The van der Waals surface area contributed by atoms with Crippen molar-refractivity contribution in [1.29, 1.82) is 0 Å². The van der Waals surface area contributed by atoms with E-state index in [1.165, 1.54) is 6.08 Å². The summed E-state index contributed by atoms with van der Waals surface area (Å²) in [6.45, 7) is 13.8. The Hall–Kier alpha value is -3.94. The molecular formula is C30H37N5O3. The number of aromatic nitrogens is 2. The second kappa shape index (κ2) is 11.2. The number of carbonyl (C=O) groups is 2. The van der Waals surface area contributed by atoms with Gasteiger partial charge < -0.3 is 19.6 Å². The van der Waals surface area contributed by atoms with Crippen LogP contribution in [0.25, 0.3) is 11.1 Å². The molecule has 1 aliphatic heterocycles. The molecule has 2 amide bonds. The summed E-state index contributed by atoms with van der Waals surface area (Å²) < 4.78 is 5.35. The summed E-state index contributed by atoms with van der Waals surface area (Å²) in [5, 5.41) is 6.89. The van der Waals surface area contributed by atoms with Gasteiger partial charge in [0.15, 0.2) is 5.69 Å². The number of hydrogen-bond acceptors (Lipinski definition) is 6. The number of rotatable bonds is 7. The average Bonchev–Trinajstić information content (AvgIpc) is 3.43. The van der Waals surface area contributed by atoms with Gasteiger partial charge in [-0.2, -0.15) is 0 Å². The smallest absolute Gasteiger partial charge is 0.273 e. The summed E-state index contributed by atoms with van der Waals surface area (Å²) in [5.74, 6) is 0.360. The second-order valence-corrected chi connectivity index (χ2v) is 10.9. The molecule has 1 saturated heterocycles. The van der Waals surface area contributed by atoms with Gasteiger partial charge in [-0.15, -0.1) is 0 Å². The van der Waals surface area contributed by atoms with Crippen molar-refractivity contribution in [2.45, 2.75) is 58.5 Å². The van der Waals surface area contributed by atoms with Crippen molar-refractivity contribution >= 4 is 17.5 Å². The summed E-state index contributed by atoms with van der Waals surface area (Å²) >= 11 is 0. The zero-order valence-electron chi connectivity index (χ0n) is 23.0. The van der Waals surface area contributed by atoms with E-state index in [0.717, 1.165) is 53.9 Å². The SMILES string of the molecule is C=CC(=O)N(C)C1CCCN(c2cnccc2-c2ccc(CNC(=O)c3cc(C(C)(C)C)on3)c(C)c2)C1. The first-order valence-corrected chi connectivity index (χ1v) is 13.0. The third-order valence-electron chi connectivity index (χ3n) is 7.18. The number of piperidine rings is 1. The van der Waals surface area contributed by atoms with Crippen LogP contribution in [0.3, 0.4) is 0 Å². The van der Waals surface area contributed by atoms with Crippen LogP contribution < -0.4 is 10.2 Å². The van der Waals surface area contributed by atoms with Gasteiger partial charge in [-0.25, -0.2) is 0 Å². The molecule has 38 heavy (non-hydrogen) atoms. The minimum absolute atomic E-state index is 0.0558. The van der Waals surface area contributed by atoms with Gasteiger partial charge in [0.2, 0.25) is 5.91 Å². The first-order valence-electron chi connectivity index (χ1n) is 13.0. The summed E-state index contributed by atoms with van der Waals surface area (Å²) in [5.41, 5.74) is 5.41. The molecule has 0 saturated carbocycles. The van der Waals surface area contributed by atoms with Crippen molar-refractivity contribution in [3.05, 3.63) is 78.0 Å². The fraction of sp³-hybridized carbons (Fsp3) is 0.400. The summed E-state index contributed by atoms with van der Waals surface area (Å²) in [6.07, 6.45) is 7.04. The number of nitrogens with one attached hydrogen (secondary N) is 1. The summed E-state index contributed by atoms with van der Waals surface area (Å²) in [7, 11) is 1.84. The van der Waals surface area contributed by atoms with Crippen LogP contribution in [0.1, 0.15) is 61.0 Å². The molecule has 200 valence electrons. The Morgan fingerprint density at radius 3 is 2.74 bits per heavy atom.